The maximum atomic E-state index is 14.0. The van der Waals surface area contributed by atoms with Gasteiger partial charge in [-0.2, -0.15) is 21.0 Å². The lowest BCUT2D eigenvalue weighted by atomic mass is 9.70. The molecule has 2 aliphatic heterocycles. The van der Waals surface area contributed by atoms with E-state index in [-0.39, 0.29) is 47.3 Å². The molecule has 0 unspecified atom stereocenters. The van der Waals surface area contributed by atoms with Gasteiger partial charge >= 0.3 is 0 Å². The average molecular weight is 1040 g/mol. The maximum Gasteiger partial charge on any atom is 0.207 e. The van der Waals surface area contributed by atoms with Crippen molar-refractivity contribution in [1.82, 2.24) is 0 Å². The van der Waals surface area contributed by atoms with E-state index >= 15 is 0 Å². The fourth-order valence-corrected chi connectivity index (χ4v) is 16.5. The zero-order valence-electron chi connectivity index (χ0n) is 41.0. The first-order valence-corrected chi connectivity index (χ1v) is 29.8. The number of thiophene rings is 2. The van der Waals surface area contributed by atoms with E-state index < -0.39 is 19.7 Å². The molecule has 0 N–H and O–H groups in total. The molecule has 73 heavy (non-hydrogen) atoms. The second kappa shape index (κ2) is 21.7. The van der Waals surface area contributed by atoms with E-state index in [2.05, 4.69) is 50.2 Å². The molecule has 1 aliphatic carbocycles. The van der Waals surface area contributed by atoms with Crippen LogP contribution >= 0.6 is 22.7 Å². The van der Waals surface area contributed by atoms with E-state index in [1.165, 1.54) is 108 Å². The number of benzene rings is 4. The quantitative estimate of drug-likeness (QED) is 0.0606. The summed E-state index contributed by atoms with van der Waals surface area (Å²) in [6.07, 6.45) is 19.2. The van der Waals surface area contributed by atoms with Crippen molar-refractivity contribution >= 4 is 65.6 Å². The molecule has 0 atom stereocenters. The summed E-state index contributed by atoms with van der Waals surface area (Å²) in [6, 6.07) is 42.1. The molecule has 8 nitrogen and oxygen atoms in total. The van der Waals surface area contributed by atoms with Gasteiger partial charge in [0.2, 0.25) is 19.7 Å². The number of sulfone groups is 2. The number of allylic oxidation sites excluding steroid dienone is 4. The SMILES string of the molecule is CCCCCCCCC1(CCCCCCCC)c2cc(-c3ccc(/C=C4/C(=C(C#N)C#N)c5ccccc5S4(=O)=O)s3)ccc2-c2ccc(-c3ccc(/C=C4/C(=C(C#N)C#N)c5ccccc5S4(=O)=O)s3)cc21. The zero-order valence-corrected chi connectivity index (χ0v) is 44.3. The standard InChI is InChI=1S/C61H54N4O4S4/c1-3-5-7-9-11-17-31-61(32-18-12-10-8-6-4-2)51-33-41(53-29-25-45(70-53)35-57-59(43(37-62)38-63)49-19-13-15-21-55(49)72(57,66)67)23-27-47(51)48-28-24-42(34-52(48)61)54-30-26-46(71-54)36-58-60(44(39-64)40-65)50-20-14-16-22-56(50)73(58,68)69/h13-16,19-30,33-36H,3-12,17-18,31-32H2,1-2H3/b57-35-,58-36-. The topological polar surface area (TPSA) is 163 Å². The Morgan fingerprint density at radius 1 is 0.479 bits per heavy atom. The molecule has 0 saturated carbocycles. The predicted octanol–water partition coefficient (Wildman–Crippen LogP) is 16.2. The van der Waals surface area contributed by atoms with Crippen molar-refractivity contribution < 1.29 is 16.8 Å². The number of rotatable bonds is 18. The third-order valence-corrected chi connectivity index (χ3v) is 20.4. The summed E-state index contributed by atoms with van der Waals surface area (Å²) in [5.74, 6) is 0. The molecule has 0 bridgehead atoms. The van der Waals surface area contributed by atoms with Crippen LogP contribution in [0.15, 0.2) is 140 Å². The minimum absolute atomic E-state index is 0.0466. The van der Waals surface area contributed by atoms with Crippen LogP contribution in [0.4, 0.5) is 0 Å². The summed E-state index contributed by atoms with van der Waals surface area (Å²) in [5, 5.41) is 39.7. The molecule has 12 heteroatoms. The Kier molecular flexibility index (Phi) is 15.1. The summed E-state index contributed by atoms with van der Waals surface area (Å²) in [5.41, 5.74) is 7.29. The summed E-state index contributed by atoms with van der Waals surface area (Å²) in [6.45, 7) is 4.48. The van der Waals surface area contributed by atoms with Crippen molar-refractivity contribution in [2.75, 3.05) is 0 Å². The first-order valence-electron chi connectivity index (χ1n) is 25.2. The van der Waals surface area contributed by atoms with Crippen molar-refractivity contribution in [3.63, 3.8) is 0 Å². The number of nitriles is 4. The summed E-state index contributed by atoms with van der Waals surface area (Å²) in [7, 11) is -7.99. The number of hydrogen-bond donors (Lipinski definition) is 0. The summed E-state index contributed by atoms with van der Waals surface area (Å²) >= 11 is 2.96. The van der Waals surface area contributed by atoms with Crippen molar-refractivity contribution in [2.24, 2.45) is 0 Å². The Bertz CT molecular complexity index is 3430. The molecule has 9 rings (SSSR count). The average Bonchev–Trinajstić information content (AvgIpc) is 4.22. The van der Waals surface area contributed by atoms with E-state index in [1.54, 1.807) is 48.6 Å². The molecule has 366 valence electrons. The fourth-order valence-electron chi connectivity index (χ4n) is 11.0. The largest absolute Gasteiger partial charge is 0.218 e. The molecule has 2 aromatic heterocycles. The Labute approximate surface area is 438 Å². The molecule has 6 aromatic rings. The summed E-state index contributed by atoms with van der Waals surface area (Å²) in [4.78, 5) is 3.41. The van der Waals surface area contributed by atoms with Gasteiger partial charge in [-0.1, -0.05) is 152 Å². The van der Waals surface area contributed by atoms with Crippen LogP contribution in [0.5, 0.6) is 0 Å². The van der Waals surface area contributed by atoms with Gasteiger partial charge in [0.25, 0.3) is 0 Å². The van der Waals surface area contributed by atoms with Crippen LogP contribution in [0.2, 0.25) is 0 Å². The first-order chi connectivity index (χ1) is 35.4. The number of unbranched alkanes of at least 4 members (excludes halogenated alkanes) is 10. The smallest absolute Gasteiger partial charge is 0.207 e. The van der Waals surface area contributed by atoms with Crippen LogP contribution in [0.25, 0.3) is 55.3 Å². The van der Waals surface area contributed by atoms with Gasteiger partial charge in [-0.15, -0.1) is 22.7 Å². The predicted molar refractivity (Wildman–Crippen MR) is 295 cm³/mol. The number of nitrogens with zero attached hydrogens (tertiary/aromatic N) is 4. The van der Waals surface area contributed by atoms with Crippen LogP contribution in [0, 0.1) is 45.3 Å². The van der Waals surface area contributed by atoms with Gasteiger partial charge in [0.15, 0.2) is 0 Å². The minimum Gasteiger partial charge on any atom is -0.218 e. The Balaban J connectivity index is 1.12. The van der Waals surface area contributed by atoms with E-state index in [0.29, 0.717) is 20.9 Å². The highest BCUT2D eigenvalue weighted by Crippen LogP contribution is 2.57. The highest BCUT2D eigenvalue weighted by Gasteiger charge is 2.43. The van der Waals surface area contributed by atoms with Crippen LogP contribution in [0.3, 0.4) is 0 Å². The van der Waals surface area contributed by atoms with Gasteiger partial charge < -0.3 is 0 Å². The van der Waals surface area contributed by atoms with Gasteiger partial charge in [-0.25, -0.2) is 16.8 Å². The highest BCUT2D eigenvalue weighted by atomic mass is 32.2. The lowest BCUT2D eigenvalue weighted by Crippen LogP contribution is -2.25. The van der Waals surface area contributed by atoms with Crippen molar-refractivity contribution in [2.45, 2.75) is 119 Å². The van der Waals surface area contributed by atoms with Gasteiger partial charge in [0.1, 0.15) is 35.4 Å². The molecular weight excluding hydrogens is 981 g/mol. The Morgan fingerprint density at radius 2 is 0.863 bits per heavy atom. The molecule has 4 heterocycles. The third-order valence-electron chi connectivity index (χ3n) is 14.6. The minimum atomic E-state index is -3.99. The van der Waals surface area contributed by atoms with Crippen LogP contribution in [-0.2, 0) is 25.1 Å². The van der Waals surface area contributed by atoms with Gasteiger partial charge in [0.05, 0.1) is 19.6 Å². The lowest BCUT2D eigenvalue weighted by molar-refractivity contribution is 0.398. The van der Waals surface area contributed by atoms with Crippen molar-refractivity contribution in [1.29, 1.82) is 21.0 Å². The maximum absolute atomic E-state index is 14.0. The van der Waals surface area contributed by atoms with Crippen LogP contribution < -0.4 is 0 Å². The molecule has 0 radical (unpaired) electrons. The van der Waals surface area contributed by atoms with Gasteiger partial charge in [-0.05, 0) is 107 Å². The van der Waals surface area contributed by atoms with E-state index in [9.17, 15) is 37.9 Å². The molecule has 4 aromatic carbocycles. The highest BCUT2D eigenvalue weighted by molar-refractivity contribution is 7.97. The first kappa shape index (κ1) is 51.0. The lowest BCUT2D eigenvalue weighted by Gasteiger charge is -2.33. The van der Waals surface area contributed by atoms with E-state index in [4.69, 9.17) is 0 Å². The fraction of sp³-hybridized carbons (Fsp3) is 0.279. The number of hydrogen-bond acceptors (Lipinski definition) is 10. The van der Waals surface area contributed by atoms with Crippen LogP contribution in [-0.4, -0.2) is 16.8 Å². The molecule has 0 saturated heterocycles. The van der Waals surface area contributed by atoms with Crippen LogP contribution in [0.1, 0.15) is 136 Å². The number of fused-ring (bicyclic) bond motifs is 5. The Hall–Kier alpha value is -6.90. The van der Waals surface area contributed by atoms with Gasteiger partial charge in [-0.3, -0.25) is 0 Å². The second-order valence-electron chi connectivity index (χ2n) is 19.0. The molecule has 3 aliphatic rings. The zero-order chi connectivity index (χ0) is 51.3. The molecule has 0 fully saturated rings. The molecule has 0 amide bonds. The Morgan fingerprint density at radius 3 is 1.26 bits per heavy atom. The van der Waals surface area contributed by atoms with Gasteiger partial charge in [0, 0.05) is 47.2 Å². The summed E-state index contributed by atoms with van der Waals surface area (Å²) < 4.78 is 55.9. The normalized spacial score (nSPS) is 16.2. The van der Waals surface area contributed by atoms with E-state index in [0.717, 1.165) is 59.4 Å². The second-order valence-corrected chi connectivity index (χ2v) is 25.0. The monoisotopic (exact) mass is 1030 g/mol. The molecular formula is C61H54N4O4S4. The molecule has 0 spiro atoms. The van der Waals surface area contributed by atoms with E-state index in [1.807, 2.05) is 48.5 Å². The van der Waals surface area contributed by atoms with Crippen molar-refractivity contribution in [3.05, 3.63) is 162 Å². The third kappa shape index (κ3) is 9.51. The van der Waals surface area contributed by atoms with Crippen molar-refractivity contribution in [3.8, 4) is 56.3 Å².